The first kappa shape index (κ1) is 29.2. The molecule has 44 heavy (non-hydrogen) atoms. The monoisotopic (exact) mass is 591 g/mol. The van der Waals surface area contributed by atoms with Crippen LogP contribution >= 0.6 is 0 Å². The lowest BCUT2D eigenvalue weighted by molar-refractivity contribution is 0.102. The number of imidazole rings is 1. The Labute approximate surface area is 257 Å². The maximum atomic E-state index is 13.1. The molecule has 0 unspecified atom stereocenters. The van der Waals surface area contributed by atoms with E-state index < -0.39 is 0 Å². The first-order valence-corrected chi connectivity index (χ1v) is 14.8. The number of methoxy groups -OCH3 is 2. The van der Waals surface area contributed by atoms with Crippen molar-refractivity contribution in [3.8, 4) is 39.8 Å². The minimum absolute atomic E-state index is 0.0956. The number of amides is 1. The second-order valence-electron chi connectivity index (χ2n) is 11.2. The van der Waals surface area contributed by atoms with E-state index in [0.29, 0.717) is 34.0 Å². The second kappa shape index (κ2) is 12.8. The molecule has 1 amide bonds. The van der Waals surface area contributed by atoms with Crippen molar-refractivity contribution in [2.24, 2.45) is 0 Å². The third-order valence-corrected chi connectivity index (χ3v) is 8.24. The predicted molar refractivity (Wildman–Crippen MR) is 174 cm³/mol. The number of likely N-dealkylation sites (N-methyl/N-ethyl adjacent to an activating group) is 1. The molecule has 0 radical (unpaired) electrons. The van der Waals surface area contributed by atoms with Gasteiger partial charge in [0, 0.05) is 44.0 Å². The number of phenolic OH excluding ortho intramolecular Hbond substituents is 1. The molecule has 2 heterocycles. The lowest BCUT2D eigenvalue weighted by Gasteiger charge is -2.32. The van der Waals surface area contributed by atoms with Gasteiger partial charge in [0.25, 0.3) is 5.91 Å². The number of benzene rings is 4. The number of nitrogens with one attached hydrogen (secondary N) is 2. The van der Waals surface area contributed by atoms with Gasteiger partial charge in [-0.1, -0.05) is 24.3 Å². The standard InChI is InChI=1S/C35H37N5O4/c1-39-16-18-40(19-17-39)15-14-23-4-9-27(10-5-23)36-35(42)26-6-11-29-30(21-26)38-34(37-29)28-20-24(7-12-31(28)41)25-8-13-32(43-2)33(22-25)44-3/h4-13,20-22,41H,14-19H2,1-3H3,(H,36,42)(H,37,38). The summed E-state index contributed by atoms with van der Waals surface area (Å²) in [5, 5.41) is 13.7. The van der Waals surface area contributed by atoms with Crippen molar-refractivity contribution in [3.05, 3.63) is 90.0 Å². The number of phenols is 1. The number of fused-ring (bicyclic) bond motifs is 1. The van der Waals surface area contributed by atoms with Crippen molar-refractivity contribution in [1.82, 2.24) is 19.8 Å². The van der Waals surface area contributed by atoms with Crippen LogP contribution in [0.2, 0.25) is 0 Å². The van der Waals surface area contributed by atoms with Crippen LogP contribution in [-0.4, -0.2) is 84.8 Å². The Kier molecular flexibility index (Phi) is 8.49. The molecule has 1 aliphatic heterocycles. The number of hydrogen-bond acceptors (Lipinski definition) is 7. The number of aromatic nitrogens is 2. The third-order valence-electron chi connectivity index (χ3n) is 8.24. The summed E-state index contributed by atoms with van der Waals surface area (Å²) in [7, 11) is 5.36. The summed E-state index contributed by atoms with van der Waals surface area (Å²) in [6.45, 7) is 5.50. The molecule has 5 aromatic rings. The van der Waals surface area contributed by atoms with Crippen LogP contribution in [0.15, 0.2) is 78.9 Å². The van der Waals surface area contributed by atoms with Gasteiger partial charge in [0.2, 0.25) is 0 Å². The van der Waals surface area contributed by atoms with Gasteiger partial charge in [-0.15, -0.1) is 0 Å². The van der Waals surface area contributed by atoms with E-state index in [2.05, 4.69) is 39.3 Å². The molecular weight excluding hydrogens is 554 g/mol. The molecule has 0 aliphatic carbocycles. The highest BCUT2D eigenvalue weighted by atomic mass is 16.5. The van der Waals surface area contributed by atoms with Crippen LogP contribution in [0.4, 0.5) is 5.69 Å². The van der Waals surface area contributed by atoms with Crippen LogP contribution in [0.25, 0.3) is 33.5 Å². The molecule has 4 aromatic carbocycles. The molecule has 9 nitrogen and oxygen atoms in total. The fourth-order valence-corrected chi connectivity index (χ4v) is 5.51. The highest BCUT2D eigenvalue weighted by Crippen LogP contribution is 2.36. The zero-order chi connectivity index (χ0) is 30.6. The number of H-pyrrole nitrogens is 1. The molecule has 0 atom stereocenters. The van der Waals surface area contributed by atoms with Gasteiger partial charge in [-0.2, -0.15) is 0 Å². The Morgan fingerprint density at radius 3 is 2.36 bits per heavy atom. The smallest absolute Gasteiger partial charge is 0.255 e. The van der Waals surface area contributed by atoms with E-state index in [0.717, 1.165) is 61.5 Å². The third kappa shape index (κ3) is 6.39. The van der Waals surface area contributed by atoms with Gasteiger partial charge in [0.1, 0.15) is 11.6 Å². The molecule has 1 saturated heterocycles. The van der Waals surface area contributed by atoms with E-state index in [9.17, 15) is 9.90 Å². The van der Waals surface area contributed by atoms with E-state index in [1.165, 1.54) is 5.56 Å². The van der Waals surface area contributed by atoms with Crippen molar-refractivity contribution in [1.29, 1.82) is 0 Å². The number of piperazine rings is 1. The molecule has 3 N–H and O–H groups in total. The minimum Gasteiger partial charge on any atom is -0.507 e. The van der Waals surface area contributed by atoms with Crippen molar-refractivity contribution >= 4 is 22.6 Å². The van der Waals surface area contributed by atoms with Gasteiger partial charge >= 0.3 is 0 Å². The Bertz CT molecular complexity index is 1770. The minimum atomic E-state index is -0.208. The largest absolute Gasteiger partial charge is 0.507 e. The van der Waals surface area contributed by atoms with Crippen molar-refractivity contribution in [3.63, 3.8) is 0 Å². The highest BCUT2D eigenvalue weighted by molar-refractivity contribution is 6.06. The number of rotatable bonds is 9. The summed E-state index contributed by atoms with van der Waals surface area (Å²) in [5.74, 6) is 1.65. The average molecular weight is 592 g/mol. The number of hydrogen-bond donors (Lipinski definition) is 3. The Hall–Kier alpha value is -4.86. The van der Waals surface area contributed by atoms with Gasteiger partial charge < -0.3 is 34.7 Å². The number of ether oxygens (including phenoxy) is 2. The zero-order valence-electron chi connectivity index (χ0n) is 25.3. The van der Waals surface area contributed by atoms with Gasteiger partial charge in [-0.25, -0.2) is 4.98 Å². The van der Waals surface area contributed by atoms with Crippen LogP contribution in [0.5, 0.6) is 17.2 Å². The molecule has 1 aromatic heterocycles. The molecule has 226 valence electrons. The van der Waals surface area contributed by atoms with Gasteiger partial charge in [-0.3, -0.25) is 4.79 Å². The Balaban J connectivity index is 1.15. The molecule has 1 fully saturated rings. The quantitative estimate of drug-likeness (QED) is 0.203. The zero-order valence-corrected chi connectivity index (χ0v) is 25.3. The molecule has 1 aliphatic rings. The fourth-order valence-electron chi connectivity index (χ4n) is 5.51. The van der Waals surface area contributed by atoms with E-state index in [4.69, 9.17) is 14.5 Å². The van der Waals surface area contributed by atoms with Crippen molar-refractivity contribution in [2.45, 2.75) is 6.42 Å². The van der Waals surface area contributed by atoms with Crippen molar-refractivity contribution < 1.29 is 19.4 Å². The van der Waals surface area contributed by atoms with E-state index in [1.54, 1.807) is 32.4 Å². The number of carbonyl (C=O) groups is 1. The average Bonchev–Trinajstić information content (AvgIpc) is 3.48. The van der Waals surface area contributed by atoms with E-state index in [-0.39, 0.29) is 11.7 Å². The van der Waals surface area contributed by atoms with Crippen LogP contribution in [-0.2, 0) is 6.42 Å². The number of nitrogens with zero attached hydrogens (tertiary/aromatic N) is 3. The molecule has 9 heteroatoms. The molecular formula is C35H37N5O4. The summed E-state index contributed by atoms with van der Waals surface area (Å²) < 4.78 is 10.8. The van der Waals surface area contributed by atoms with Crippen LogP contribution in [0.3, 0.4) is 0 Å². The predicted octanol–water partition coefficient (Wildman–Crippen LogP) is 5.66. The topological polar surface area (TPSA) is 103 Å². The summed E-state index contributed by atoms with van der Waals surface area (Å²) in [5.41, 5.74) is 6.22. The summed E-state index contributed by atoms with van der Waals surface area (Å²) >= 11 is 0. The second-order valence-corrected chi connectivity index (χ2v) is 11.2. The lowest BCUT2D eigenvalue weighted by Crippen LogP contribution is -2.45. The lowest BCUT2D eigenvalue weighted by atomic mass is 10.0. The highest BCUT2D eigenvalue weighted by Gasteiger charge is 2.16. The van der Waals surface area contributed by atoms with Gasteiger partial charge in [-0.05, 0) is 84.8 Å². The number of anilines is 1. The first-order valence-electron chi connectivity index (χ1n) is 14.8. The fraction of sp³-hybridized carbons (Fsp3) is 0.257. The van der Waals surface area contributed by atoms with Crippen LogP contribution < -0.4 is 14.8 Å². The molecule has 0 spiro atoms. The number of aromatic hydroxyl groups is 1. The molecule has 0 saturated carbocycles. The maximum absolute atomic E-state index is 13.1. The summed E-state index contributed by atoms with van der Waals surface area (Å²) in [6.07, 6.45) is 0.989. The van der Waals surface area contributed by atoms with Crippen molar-refractivity contribution in [2.75, 3.05) is 59.3 Å². The summed E-state index contributed by atoms with van der Waals surface area (Å²) in [6, 6.07) is 24.4. The van der Waals surface area contributed by atoms with E-state index >= 15 is 0 Å². The number of carbonyl (C=O) groups excluding carboxylic acids is 1. The SMILES string of the molecule is COc1ccc(-c2ccc(O)c(-c3nc4cc(C(=O)Nc5ccc(CCN6CCN(C)CC6)cc5)ccc4[nH]3)c2)cc1OC. The van der Waals surface area contributed by atoms with Crippen LogP contribution in [0, 0.1) is 0 Å². The normalized spacial score (nSPS) is 14.1. The van der Waals surface area contributed by atoms with Gasteiger partial charge in [0.05, 0.1) is 30.8 Å². The molecule has 0 bridgehead atoms. The maximum Gasteiger partial charge on any atom is 0.255 e. The van der Waals surface area contributed by atoms with E-state index in [1.807, 2.05) is 48.5 Å². The Morgan fingerprint density at radius 1 is 0.886 bits per heavy atom. The number of aromatic amines is 1. The Morgan fingerprint density at radius 2 is 1.61 bits per heavy atom. The van der Waals surface area contributed by atoms with Crippen LogP contribution in [0.1, 0.15) is 15.9 Å². The molecule has 6 rings (SSSR count). The van der Waals surface area contributed by atoms with Gasteiger partial charge in [0.15, 0.2) is 11.5 Å². The first-order chi connectivity index (χ1) is 21.4. The summed E-state index contributed by atoms with van der Waals surface area (Å²) in [4.78, 5) is 26.0.